The van der Waals surface area contributed by atoms with Crippen molar-refractivity contribution >= 4 is 11.9 Å². The van der Waals surface area contributed by atoms with Crippen LogP contribution in [0.3, 0.4) is 0 Å². The number of aromatic nitrogens is 2. The van der Waals surface area contributed by atoms with Gasteiger partial charge in [-0.05, 0) is 12.0 Å². The summed E-state index contributed by atoms with van der Waals surface area (Å²) >= 11 is 0. The third kappa shape index (κ3) is 4.42. The molecule has 1 heterocycles. The fourth-order valence-corrected chi connectivity index (χ4v) is 2.05. The first-order valence-corrected chi connectivity index (χ1v) is 6.86. The van der Waals surface area contributed by atoms with Crippen LogP contribution in [0.2, 0.25) is 0 Å². The maximum Gasteiger partial charge on any atom is 0.326 e. The second kappa shape index (κ2) is 7.37. The number of aromatic amines is 1. The van der Waals surface area contributed by atoms with E-state index in [2.05, 4.69) is 15.3 Å². The molecular weight excluding hydrogens is 284 g/mol. The number of amides is 1. The van der Waals surface area contributed by atoms with E-state index in [1.165, 1.54) is 6.33 Å². The first kappa shape index (κ1) is 15.7. The zero-order valence-electron chi connectivity index (χ0n) is 11.9. The number of hydrogen-bond donors (Lipinski definition) is 4. The molecule has 0 fully saturated rings. The van der Waals surface area contributed by atoms with Crippen molar-refractivity contribution in [3.05, 3.63) is 54.1 Å². The number of benzene rings is 1. The highest BCUT2D eigenvalue weighted by Crippen LogP contribution is 2.03. The predicted octanol–water partition coefficient (Wildman–Crippen LogP) is 0.0916. The fourth-order valence-electron chi connectivity index (χ4n) is 2.05. The van der Waals surface area contributed by atoms with Gasteiger partial charge in [-0.3, -0.25) is 4.79 Å². The molecule has 1 aromatic heterocycles. The number of H-pyrrole nitrogens is 1. The van der Waals surface area contributed by atoms with Gasteiger partial charge in [-0.15, -0.1) is 0 Å². The molecule has 0 bridgehead atoms. The summed E-state index contributed by atoms with van der Waals surface area (Å²) in [6, 6.07) is 7.46. The average Bonchev–Trinajstić information content (AvgIpc) is 3.00. The number of hydrogen-bond acceptors (Lipinski definition) is 4. The SMILES string of the molecule is NC(Cc1ccccc1)C(=O)N[C@H](Cc1c[nH]cn1)C(=O)O. The Morgan fingerprint density at radius 2 is 2.00 bits per heavy atom. The monoisotopic (exact) mass is 302 g/mol. The van der Waals surface area contributed by atoms with Gasteiger partial charge in [0.25, 0.3) is 0 Å². The van der Waals surface area contributed by atoms with Gasteiger partial charge in [0, 0.05) is 12.6 Å². The number of carboxylic acids is 1. The molecule has 1 aromatic carbocycles. The number of nitrogens with two attached hydrogens (primary N) is 1. The number of nitrogens with zero attached hydrogens (tertiary/aromatic N) is 1. The van der Waals surface area contributed by atoms with E-state index in [0.29, 0.717) is 12.1 Å². The molecule has 0 aliphatic carbocycles. The zero-order chi connectivity index (χ0) is 15.9. The molecule has 0 aliphatic heterocycles. The van der Waals surface area contributed by atoms with Gasteiger partial charge in [0.1, 0.15) is 6.04 Å². The zero-order valence-corrected chi connectivity index (χ0v) is 11.9. The van der Waals surface area contributed by atoms with Crippen LogP contribution in [0.1, 0.15) is 11.3 Å². The van der Waals surface area contributed by atoms with Gasteiger partial charge in [-0.2, -0.15) is 0 Å². The molecule has 0 radical (unpaired) electrons. The fraction of sp³-hybridized carbons (Fsp3) is 0.267. The molecule has 2 rings (SSSR count). The Balaban J connectivity index is 1.94. The molecule has 2 aromatic rings. The van der Waals surface area contributed by atoms with E-state index in [-0.39, 0.29) is 6.42 Å². The van der Waals surface area contributed by atoms with Crippen LogP contribution in [0.25, 0.3) is 0 Å². The molecule has 22 heavy (non-hydrogen) atoms. The molecule has 5 N–H and O–H groups in total. The average molecular weight is 302 g/mol. The number of imidazole rings is 1. The summed E-state index contributed by atoms with van der Waals surface area (Å²) in [6.07, 6.45) is 3.49. The number of carbonyl (C=O) groups is 2. The van der Waals surface area contributed by atoms with Crippen LogP contribution in [0.15, 0.2) is 42.9 Å². The summed E-state index contributed by atoms with van der Waals surface area (Å²) in [4.78, 5) is 30.0. The van der Waals surface area contributed by atoms with Gasteiger partial charge >= 0.3 is 5.97 Å². The van der Waals surface area contributed by atoms with Crippen LogP contribution in [0.5, 0.6) is 0 Å². The minimum absolute atomic E-state index is 0.0998. The largest absolute Gasteiger partial charge is 0.480 e. The number of aliphatic carboxylic acids is 1. The van der Waals surface area contributed by atoms with Crippen LogP contribution >= 0.6 is 0 Å². The maximum atomic E-state index is 12.1. The Kier molecular flexibility index (Phi) is 5.26. The lowest BCUT2D eigenvalue weighted by Crippen LogP contribution is -2.50. The molecule has 0 spiro atoms. The maximum absolute atomic E-state index is 12.1. The minimum atomic E-state index is -1.12. The van der Waals surface area contributed by atoms with E-state index in [1.54, 1.807) is 6.20 Å². The van der Waals surface area contributed by atoms with E-state index >= 15 is 0 Å². The molecule has 1 amide bonds. The van der Waals surface area contributed by atoms with Crippen LogP contribution in [-0.2, 0) is 22.4 Å². The van der Waals surface area contributed by atoms with Gasteiger partial charge in [-0.25, -0.2) is 9.78 Å². The van der Waals surface area contributed by atoms with Crippen molar-refractivity contribution in [2.75, 3.05) is 0 Å². The Hall–Kier alpha value is -2.67. The van der Waals surface area contributed by atoms with Gasteiger partial charge < -0.3 is 21.1 Å². The van der Waals surface area contributed by atoms with Gasteiger partial charge in [0.2, 0.25) is 5.91 Å². The summed E-state index contributed by atoms with van der Waals surface area (Å²) < 4.78 is 0. The van der Waals surface area contributed by atoms with E-state index in [9.17, 15) is 14.7 Å². The quantitative estimate of drug-likeness (QED) is 0.577. The smallest absolute Gasteiger partial charge is 0.326 e. The second-order valence-corrected chi connectivity index (χ2v) is 4.96. The van der Waals surface area contributed by atoms with Gasteiger partial charge in [-0.1, -0.05) is 30.3 Å². The normalized spacial score (nSPS) is 13.3. The van der Waals surface area contributed by atoms with Crippen molar-refractivity contribution in [1.82, 2.24) is 15.3 Å². The highest BCUT2D eigenvalue weighted by atomic mass is 16.4. The molecule has 7 nitrogen and oxygen atoms in total. The van der Waals surface area contributed by atoms with E-state index in [4.69, 9.17) is 5.73 Å². The van der Waals surface area contributed by atoms with Crippen molar-refractivity contribution in [3.63, 3.8) is 0 Å². The van der Waals surface area contributed by atoms with Crippen molar-refractivity contribution in [1.29, 1.82) is 0 Å². The summed E-state index contributed by atoms with van der Waals surface area (Å²) in [5.74, 6) is -1.62. The lowest BCUT2D eigenvalue weighted by molar-refractivity contribution is -0.142. The Labute approximate surface area is 127 Å². The molecule has 7 heteroatoms. The number of rotatable bonds is 7. The third-order valence-corrected chi connectivity index (χ3v) is 3.22. The highest BCUT2D eigenvalue weighted by Gasteiger charge is 2.24. The second-order valence-electron chi connectivity index (χ2n) is 4.96. The number of carboxylic acid groups (broad SMARTS) is 1. The lowest BCUT2D eigenvalue weighted by Gasteiger charge is -2.17. The molecular formula is C15H18N4O3. The lowest BCUT2D eigenvalue weighted by atomic mass is 10.1. The van der Waals surface area contributed by atoms with Crippen LogP contribution in [0, 0.1) is 0 Å². The van der Waals surface area contributed by atoms with Crippen molar-refractivity contribution in [2.24, 2.45) is 5.73 Å². The van der Waals surface area contributed by atoms with E-state index in [0.717, 1.165) is 5.56 Å². The molecule has 116 valence electrons. The number of carbonyl (C=O) groups excluding carboxylic acids is 1. The van der Waals surface area contributed by atoms with Gasteiger partial charge in [0.05, 0.1) is 18.1 Å². The topological polar surface area (TPSA) is 121 Å². The molecule has 1 unspecified atom stereocenters. The molecule has 0 aliphatic rings. The standard InChI is InChI=1S/C15H18N4O3/c16-12(6-10-4-2-1-3-5-10)14(20)19-13(15(21)22)7-11-8-17-9-18-11/h1-5,8-9,12-13H,6-7,16H2,(H,17,18)(H,19,20)(H,21,22)/t12?,13-/m1/s1. The summed E-state index contributed by atoms with van der Waals surface area (Å²) in [5.41, 5.74) is 7.32. The summed E-state index contributed by atoms with van der Waals surface area (Å²) in [5, 5.41) is 11.7. The van der Waals surface area contributed by atoms with E-state index < -0.39 is 24.0 Å². The first-order chi connectivity index (χ1) is 10.6. The Bertz CT molecular complexity index is 613. The van der Waals surface area contributed by atoms with Crippen molar-refractivity contribution in [3.8, 4) is 0 Å². The summed E-state index contributed by atoms with van der Waals surface area (Å²) in [7, 11) is 0. The van der Waals surface area contributed by atoms with Crippen molar-refractivity contribution < 1.29 is 14.7 Å². The Morgan fingerprint density at radius 1 is 1.27 bits per heavy atom. The molecule has 0 saturated carbocycles. The first-order valence-electron chi connectivity index (χ1n) is 6.86. The summed E-state index contributed by atoms with van der Waals surface area (Å²) in [6.45, 7) is 0. The molecule has 2 atom stereocenters. The predicted molar refractivity (Wildman–Crippen MR) is 80.0 cm³/mol. The Morgan fingerprint density at radius 3 is 2.59 bits per heavy atom. The highest BCUT2D eigenvalue weighted by molar-refractivity contribution is 5.87. The van der Waals surface area contributed by atoms with Crippen LogP contribution in [-0.4, -0.2) is 39.0 Å². The minimum Gasteiger partial charge on any atom is -0.480 e. The van der Waals surface area contributed by atoms with Crippen molar-refractivity contribution in [2.45, 2.75) is 24.9 Å². The third-order valence-electron chi connectivity index (χ3n) is 3.22. The van der Waals surface area contributed by atoms with E-state index in [1.807, 2.05) is 30.3 Å². The number of nitrogens with one attached hydrogen (secondary N) is 2. The van der Waals surface area contributed by atoms with Gasteiger partial charge in [0.15, 0.2) is 0 Å². The van der Waals surface area contributed by atoms with Crippen LogP contribution in [0.4, 0.5) is 0 Å². The molecule has 0 saturated heterocycles. The van der Waals surface area contributed by atoms with Crippen LogP contribution < -0.4 is 11.1 Å².